The largest absolute Gasteiger partial charge is 0.480 e. The zero-order valence-electron chi connectivity index (χ0n) is 11.1. The van der Waals surface area contributed by atoms with Gasteiger partial charge in [-0.1, -0.05) is 0 Å². The van der Waals surface area contributed by atoms with Gasteiger partial charge in [0.2, 0.25) is 0 Å². The minimum Gasteiger partial charge on any atom is -0.480 e. The van der Waals surface area contributed by atoms with Gasteiger partial charge in [-0.05, 0) is 39.0 Å². The summed E-state index contributed by atoms with van der Waals surface area (Å²) >= 11 is 0. The normalized spacial score (nSPS) is 11.2. The summed E-state index contributed by atoms with van der Waals surface area (Å²) in [5.41, 5.74) is 4.66. The minimum absolute atomic E-state index is 0.0582. The van der Waals surface area contributed by atoms with Crippen molar-refractivity contribution in [2.45, 2.75) is 26.3 Å². The minimum atomic E-state index is -1.13. The number of carbonyl (C=O) groups is 2. The second-order valence-electron chi connectivity index (χ2n) is 5.19. The van der Waals surface area contributed by atoms with Crippen molar-refractivity contribution in [3.8, 4) is 0 Å². The van der Waals surface area contributed by atoms with Crippen LogP contribution in [0.15, 0.2) is 18.2 Å². The Morgan fingerprint density at radius 2 is 1.95 bits per heavy atom. The molecular weight excluding hydrogens is 251 g/mol. The molecule has 6 heteroatoms. The Morgan fingerprint density at radius 1 is 1.37 bits per heavy atom. The van der Waals surface area contributed by atoms with Crippen LogP contribution in [0.1, 0.15) is 31.1 Å². The number of aliphatic carboxylic acids is 1. The van der Waals surface area contributed by atoms with Crippen LogP contribution in [0, 0.1) is 5.82 Å². The topological polar surface area (TPSA) is 83.6 Å². The van der Waals surface area contributed by atoms with E-state index < -0.39 is 29.8 Å². The average molecular weight is 268 g/mol. The van der Waals surface area contributed by atoms with E-state index in [2.05, 4.69) is 0 Å². The molecule has 19 heavy (non-hydrogen) atoms. The number of hydrogen-bond acceptors (Lipinski definition) is 3. The fourth-order valence-electron chi connectivity index (χ4n) is 1.56. The van der Waals surface area contributed by atoms with Crippen molar-refractivity contribution in [3.63, 3.8) is 0 Å². The number of carboxylic acid groups (broad SMARTS) is 1. The van der Waals surface area contributed by atoms with Crippen LogP contribution in [0.3, 0.4) is 0 Å². The summed E-state index contributed by atoms with van der Waals surface area (Å²) in [7, 11) is 0. The van der Waals surface area contributed by atoms with Crippen LogP contribution in [0.2, 0.25) is 0 Å². The van der Waals surface area contributed by atoms with Gasteiger partial charge in [0.05, 0.1) is 5.69 Å². The predicted octanol–water partition coefficient (Wildman–Crippen LogP) is 1.73. The molecule has 0 radical (unpaired) electrons. The van der Waals surface area contributed by atoms with E-state index in [4.69, 9.17) is 10.8 Å². The highest BCUT2D eigenvalue weighted by atomic mass is 19.1. The molecule has 0 aliphatic heterocycles. The first kappa shape index (κ1) is 14.9. The Kier molecular flexibility index (Phi) is 4.14. The van der Waals surface area contributed by atoms with Crippen LogP contribution in [-0.4, -0.2) is 34.0 Å². The second-order valence-corrected chi connectivity index (χ2v) is 5.19. The van der Waals surface area contributed by atoms with Gasteiger partial charge in [0.15, 0.2) is 0 Å². The SMILES string of the molecule is CC(C)(C)N(CC(=O)O)C(=O)c1ccc(N)c(F)c1. The van der Waals surface area contributed by atoms with Gasteiger partial charge in [-0.15, -0.1) is 0 Å². The maximum Gasteiger partial charge on any atom is 0.323 e. The predicted molar refractivity (Wildman–Crippen MR) is 69.2 cm³/mol. The Morgan fingerprint density at radius 3 is 2.37 bits per heavy atom. The number of anilines is 1. The lowest BCUT2D eigenvalue weighted by Gasteiger charge is -2.34. The quantitative estimate of drug-likeness (QED) is 0.818. The lowest BCUT2D eigenvalue weighted by atomic mass is 10.0. The molecule has 0 aliphatic carbocycles. The van der Waals surface area contributed by atoms with E-state index in [0.29, 0.717) is 0 Å². The molecule has 0 unspecified atom stereocenters. The van der Waals surface area contributed by atoms with Gasteiger partial charge in [0.25, 0.3) is 5.91 Å². The Bertz CT molecular complexity index is 509. The number of carboxylic acids is 1. The molecule has 1 amide bonds. The van der Waals surface area contributed by atoms with Crippen LogP contribution in [0.4, 0.5) is 10.1 Å². The second kappa shape index (κ2) is 5.26. The Labute approximate surface area is 110 Å². The van der Waals surface area contributed by atoms with Crippen molar-refractivity contribution in [2.75, 3.05) is 12.3 Å². The molecule has 0 heterocycles. The number of nitrogens with zero attached hydrogens (tertiary/aromatic N) is 1. The van der Waals surface area contributed by atoms with Gasteiger partial charge in [-0.25, -0.2) is 4.39 Å². The monoisotopic (exact) mass is 268 g/mol. The summed E-state index contributed by atoms with van der Waals surface area (Å²) in [5.74, 6) is -2.37. The van der Waals surface area contributed by atoms with Crippen molar-refractivity contribution in [2.24, 2.45) is 0 Å². The fraction of sp³-hybridized carbons (Fsp3) is 0.385. The van der Waals surface area contributed by atoms with E-state index >= 15 is 0 Å². The van der Waals surface area contributed by atoms with Crippen LogP contribution < -0.4 is 5.73 Å². The standard InChI is InChI=1S/C13H17FN2O3/c1-13(2,3)16(7-11(17)18)12(19)8-4-5-10(15)9(14)6-8/h4-6H,7,15H2,1-3H3,(H,17,18). The lowest BCUT2D eigenvalue weighted by Crippen LogP contribution is -2.48. The van der Waals surface area contributed by atoms with Gasteiger partial charge in [-0.3, -0.25) is 9.59 Å². The average Bonchev–Trinajstić information content (AvgIpc) is 2.27. The molecule has 1 aromatic carbocycles. The van der Waals surface area contributed by atoms with E-state index in [1.165, 1.54) is 17.0 Å². The molecule has 0 spiro atoms. The molecule has 0 saturated heterocycles. The number of nitrogen functional groups attached to an aromatic ring is 1. The van der Waals surface area contributed by atoms with E-state index in [1.54, 1.807) is 20.8 Å². The van der Waals surface area contributed by atoms with Crippen molar-refractivity contribution in [1.29, 1.82) is 0 Å². The van der Waals surface area contributed by atoms with Crippen LogP contribution >= 0.6 is 0 Å². The number of amides is 1. The molecule has 0 saturated carbocycles. The number of hydrogen-bond donors (Lipinski definition) is 2. The molecule has 0 atom stereocenters. The highest BCUT2D eigenvalue weighted by Gasteiger charge is 2.29. The third kappa shape index (κ3) is 3.67. The van der Waals surface area contributed by atoms with Crippen molar-refractivity contribution in [3.05, 3.63) is 29.6 Å². The third-order valence-corrected chi connectivity index (χ3v) is 2.60. The highest BCUT2D eigenvalue weighted by molar-refractivity contribution is 5.96. The summed E-state index contributed by atoms with van der Waals surface area (Å²) < 4.78 is 13.3. The van der Waals surface area contributed by atoms with Crippen LogP contribution in [0.25, 0.3) is 0 Å². The van der Waals surface area contributed by atoms with E-state index in [1.807, 2.05) is 0 Å². The number of nitrogens with two attached hydrogens (primary N) is 1. The van der Waals surface area contributed by atoms with Crippen LogP contribution in [-0.2, 0) is 4.79 Å². The molecule has 104 valence electrons. The number of rotatable bonds is 3. The van der Waals surface area contributed by atoms with Crippen LogP contribution in [0.5, 0.6) is 0 Å². The summed E-state index contributed by atoms with van der Waals surface area (Å²) in [6, 6.07) is 3.67. The van der Waals surface area contributed by atoms with E-state index in [0.717, 1.165) is 6.07 Å². The van der Waals surface area contributed by atoms with Gasteiger partial charge in [0.1, 0.15) is 12.4 Å². The van der Waals surface area contributed by atoms with Gasteiger partial charge in [0, 0.05) is 11.1 Å². The Balaban J connectivity index is 3.12. The maximum atomic E-state index is 13.3. The molecule has 0 bridgehead atoms. The lowest BCUT2D eigenvalue weighted by molar-refractivity contribution is -0.138. The first-order valence-corrected chi connectivity index (χ1v) is 5.71. The molecule has 0 aromatic heterocycles. The first-order chi connectivity index (χ1) is 8.62. The summed E-state index contributed by atoms with van der Waals surface area (Å²) in [6.45, 7) is 4.68. The first-order valence-electron chi connectivity index (χ1n) is 5.71. The molecule has 0 aliphatic rings. The van der Waals surface area contributed by atoms with Crippen molar-refractivity contribution >= 4 is 17.6 Å². The van der Waals surface area contributed by atoms with Gasteiger partial charge >= 0.3 is 5.97 Å². The molecule has 3 N–H and O–H groups in total. The smallest absolute Gasteiger partial charge is 0.323 e. The number of carbonyl (C=O) groups excluding carboxylic acids is 1. The molecule has 0 fully saturated rings. The molecule has 1 aromatic rings. The number of benzene rings is 1. The zero-order chi connectivity index (χ0) is 14.8. The fourth-order valence-corrected chi connectivity index (χ4v) is 1.56. The summed E-state index contributed by atoms with van der Waals surface area (Å²) in [6.07, 6.45) is 0. The van der Waals surface area contributed by atoms with Gasteiger partial charge < -0.3 is 15.7 Å². The third-order valence-electron chi connectivity index (χ3n) is 2.60. The zero-order valence-corrected chi connectivity index (χ0v) is 11.1. The van der Waals surface area contributed by atoms with Crippen molar-refractivity contribution < 1.29 is 19.1 Å². The molecule has 1 rings (SSSR count). The molecule has 5 nitrogen and oxygen atoms in total. The van der Waals surface area contributed by atoms with Crippen molar-refractivity contribution in [1.82, 2.24) is 4.90 Å². The van der Waals surface area contributed by atoms with Gasteiger partial charge in [-0.2, -0.15) is 0 Å². The highest BCUT2D eigenvalue weighted by Crippen LogP contribution is 2.19. The summed E-state index contributed by atoms with van der Waals surface area (Å²) in [5, 5.41) is 8.85. The maximum absolute atomic E-state index is 13.3. The number of halogens is 1. The Hall–Kier alpha value is -2.11. The van der Waals surface area contributed by atoms with E-state index in [-0.39, 0.29) is 11.3 Å². The summed E-state index contributed by atoms with van der Waals surface area (Å²) in [4.78, 5) is 24.2. The molecular formula is C13H17FN2O3. The van der Waals surface area contributed by atoms with E-state index in [9.17, 15) is 14.0 Å².